The minimum absolute atomic E-state index is 0.0434. The third-order valence-corrected chi connectivity index (χ3v) is 4.88. The summed E-state index contributed by atoms with van der Waals surface area (Å²) >= 11 is 6.82. The average molecular weight is 420 g/mol. The summed E-state index contributed by atoms with van der Waals surface area (Å²) in [6, 6.07) is 2.62. The molecule has 114 valence electrons. The van der Waals surface area contributed by atoms with Crippen molar-refractivity contribution in [3.8, 4) is 0 Å². The van der Waals surface area contributed by atoms with Gasteiger partial charge in [0, 0.05) is 15.5 Å². The Morgan fingerprint density at radius 1 is 1.33 bits per heavy atom. The van der Waals surface area contributed by atoms with E-state index in [1.165, 1.54) is 4.90 Å². The van der Waals surface area contributed by atoms with Gasteiger partial charge >= 0.3 is 12.0 Å². The average Bonchev–Trinajstić information content (AvgIpc) is 2.75. The molecule has 5 nitrogen and oxygen atoms in total. The van der Waals surface area contributed by atoms with Gasteiger partial charge < -0.3 is 15.3 Å². The first-order valence-corrected chi connectivity index (χ1v) is 8.16. The van der Waals surface area contributed by atoms with Gasteiger partial charge in [-0.2, -0.15) is 0 Å². The molecule has 0 bridgehead atoms. The van der Waals surface area contributed by atoms with Gasteiger partial charge in [0.2, 0.25) is 0 Å². The molecule has 0 aliphatic carbocycles. The summed E-state index contributed by atoms with van der Waals surface area (Å²) in [6.45, 7) is 4.25. The zero-order valence-electron chi connectivity index (χ0n) is 11.7. The molecule has 2 atom stereocenters. The van der Waals surface area contributed by atoms with Crippen LogP contribution in [0.4, 0.5) is 10.5 Å². The Kier molecular flexibility index (Phi) is 4.93. The molecule has 1 aromatic carbocycles. The number of likely N-dealkylation sites (tertiary alicyclic amines) is 1. The molecule has 1 aliphatic heterocycles. The summed E-state index contributed by atoms with van der Waals surface area (Å²) in [5, 5.41) is 12.1. The van der Waals surface area contributed by atoms with Gasteiger partial charge in [-0.15, -0.1) is 0 Å². The van der Waals surface area contributed by atoms with Crippen LogP contribution >= 0.6 is 31.9 Å². The number of carbonyl (C=O) groups excluding carboxylic acids is 1. The molecule has 0 radical (unpaired) electrons. The number of hydrogen-bond acceptors (Lipinski definition) is 2. The predicted octanol–water partition coefficient (Wildman–Crippen LogP) is 3.85. The fourth-order valence-corrected chi connectivity index (χ4v) is 4.16. The maximum atomic E-state index is 12.4. The number of nitrogens with zero attached hydrogens (tertiary/aromatic N) is 1. The largest absolute Gasteiger partial charge is 0.480 e. The fraction of sp³-hybridized carbons (Fsp3) is 0.429. The molecule has 21 heavy (non-hydrogen) atoms. The molecule has 1 saturated heterocycles. The molecular formula is C14H16Br2N2O3. The molecule has 2 unspecified atom stereocenters. The number of carbonyl (C=O) groups is 2. The second-order valence-electron chi connectivity index (χ2n) is 5.28. The first-order chi connectivity index (χ1) is 9.81. The third kappa shape index (κ3) is 3.40. The number of carboxylic acid groups (broad SMARTS) is 1. The highest BCUT2D eigenvalue weighted by atomic mass is 79.9. The third-order valence-electron chi connectivity index (χ3n) is 3.63. The van der Waals surface area contributed by atoms with Gasteiger partial charge in [-0.25, -0.2) is 9.59 Å². The van der Waals surface area contributed by atoms with Crippen molar-refractivity contribution in [2.75, 3.05) is 11.9 Å². The highest BCUT2D eigenvalue weighted by Crippen LogP contribution is 2.33. The summed E-state index contributed by atoms with van der Waals surface area (Å²) in [7, 11) is 0. The summed E-state index contributed by atoms with van der Waals surface area (Å²) in [5.41, 5.74) is 1.65. The topological polar surface area (TPSA) is 69.6 Å². The van der Waals surface area contributed by atoms with E-state index < -0.39 is 18.0 Å². The molecule has 2 amide bonds. The molecule has 0 aromatic heterocycles. The summed E-state index contributed by atoms with van der Waals surface area (Å²) < 4.78 is 1.50. The zero-order valence-corrected chi connectivity index (χ0v) is 14.9. The highest BCUT2D eigenvalue weighted by Gasteiger charge is 2.39. The lowest BCUT2D eigenvalue weighted by Crippen LogP contribution is -2.44. The van der Waals surface area contributed by atoms with Crippen LogP contribution in [-0.2, 0) is 4.79 Å². The first kappa shape index (κ1) is 16.3. The summed E-state index contributed by atoms with van der Waals surface area (Å²) in [4.78, 5) is 25.1. The Bertz CT molecular complexity index is 569. The van der Waals surface area contributed by atoms with Gasteiger partial charge in [0.15, 0.2) is 0 Å². The van der Waals surface area contributed by atoms with Crippen molar-refractivity contribution in [1.82, 2.24) is 4.90 Å². The maximum Gasteiger partial charge on any atom is 0.326 e. The van der Waals surface area contributed by atoms with Gasteiger partial charge in [0.05, 0.1) is 5.69 Å². The van der Waals surface area contributed by atoms with E-state index in [9.17, 15) is 14.7 Å². The van der Waals surface area contributed by atoms with Crippen LogP contribution in [0.2, 0.25) is 0 Å². The van der Waals surface area contributed by atoms with E-state index in [1.807, 2.05) is 26.0 Å². The normalized spacial score (nSPS) is 21.4. The molecule has 1 heterocycles. The summed E-state index contributed by atoms with van der Waals surface area (Å²) in [6.07, 6.45) is 0.695. The molecule has 0 spiro atoms. The van der Waals surface area contributed by atoms with E-state index in [-0.39, 0.29) is 5.92 Å². The van der Waals surface area contributed by atoms with Crippen molar-refractivity contribution < 1.29 is 14.7 Å². The SMILES string of the molecule is Cc1cc(Br)c(NC(=O)N2CCC(C)C2C(=O)O)c(Br)c1. The quantitative estimate of drug-likeness (QED) is 0.764. The number of aliphatic carboxylic acids is 1. The Labute approximate surface area is 140 Å². The van der Waals surface area contributed by atoms with Crippen molar-refractivity contribution in [3.05, 3.63) is 26.6 Å². The predicted molar refractivity (Wildman–Crippen MR) is 87.5 cm³/mol. The van der Waals surface area contributed by atoms with E-state index in [2.05, 4.69) is 37.2 Å². The second-order valence-corrected chi connectivity index (χ2v) is 6.98. The van der Waals surface area contributed by atoms with Gasteiger partial charge in [0.1, 0.15) is 6.04 Å². The van der Waals surface area contributed by atoms with Crippen LogP contribution in [0.5, 0.6) is 0 Å². The van der Waals surface area contributed by atoms with Gasteiger partial charge in [0.25, 0.3) is 0 Å². The van der Waals surface area contributed by atoms with Crippen LogP contribution in [0.15, 0.2) is 21.1 Å². The van der Waals surface area contributed by atoms with Gasteiger partial charge in [-0.05, 0) is 68.8 Å². The van der Waals surface area contributed by atoms with Crippen LogP contribution in [0, 0.1) is 12.8 Å². The number of amides is 2. The Morgan fingerprint density at radius 2 is 1.90 bits per heavy atom. The Morgan fingerprint density at radius 3 is 2.43 bits per heavy atom. The van der Waals surface area contributed by atoms with Gasteiger partial charge in [-0.1, -0.05) is 6.92 Å². The molecule has 2 N–H and O–H groups in total. The maximum absolute atomic E-state index is 12.4. The molecule has 1 fully saturated rings. The number of carboxylic acids is 1. The lowest BCUT2D eigenvalue weighted by Gasteiger charge is -2.24. The second kappa shape index (κ2) is 6.36. The van der Waals surface area contributed by atoms with Crippen LogP contribution in [0.25, 0.3) is 0 Å². The van der Waals surface area contributed by atoms with E-state index in [4.69, 9.17) is 0 Å². The highest BCUT2D eigenvalue weighted by molar-refractivity contribution is 9.11. The molecule has 2 rings (SSSR count). The van der Waals surface area contributed by atoms with Crippen LogP contribution in [-0.4, -0.2) is 34.6 Å². The minimum atomic E-state index is -0.961. The molecule has 1 aliphatic rings. The first-order valence-electron chi connectivity index (χ1n) is 6.57. The van der Waals surface area contributed by atoms with Crippen molar-refractivity contribution in [2.45, 2.75) is 26.3 Å². The van der Waals surface area contributed by atoms with Crippen molar-refractivity contribution in [1.29, 1.82) is 0 Å². The number of nitrogens with one attached hydrogen (secondary N) is 1. The lowest BCUT2D eigenvalue weighted by molar-refractivity contribution is -0.142. The number of hydrogen-bond donors (Lipinski definition) is 2. The number of halogens is 2. The van der Waals surface area contributed by atoms with Crippen LogP contribution in [0.1, 0.15) is 18.9 Å². The Hall–Kier alpha value is -1.08. The number of rotatable bonds is 2. The minimum Gasteiger partial charge on any atom is -0.480 e. The number of aryl methyl sites for hydroxylation is 1. The van der Waals surface area contributed by atoms with Crippen LogP contribution in [0.3, 0.4) is 0 Å². The molecular weight excluding hydrogens is 404 g/mol. The van der Waals surface area contributed by atoms with Crippen LogP contribution < -0.4 is 5.32 Å². The van der Waals surface area contributed by atoms with E-state index >= 15 is 0 Å². The standard InChI is InChI=1S/C14H16Br2N2O3/c1-7-5-9(15)11(10(16)6-7)17-14(21)18-4-3-8(2)12(18)13(19)20/h5-6,8,12H,3-4H2,1-2H3,(H,17,21)(H,19,20). The number of benzene rings is 1. The fourth-order valence-electron chi connectivity index (χ4n) is 2.55. The smallest absolute Gasteiger partial charge is 0.326 e. The van der Waals surface area contributed by atoms with Crippen molar-refractivity contribution >= 4 is 49.5 Å². The van der Waals surface area contributed by atoms with Crippen molar-refractivity contribution in [3.63, 3.8) is 0 Å². The molecule has 1 aromatic rings. The van der Waals surface area contributed by atoms with Crippen molar-refractivity contribution in [2.24, 2.45) is 5.92 Å². The number of urea groups is 1. The van der Waals surface area contributed by atoms with E-state index in [1.54, 1.807) is 0 Å². The van der Waals surface area contributed by atoms with Gasteiger partial charge in [-0.3, -0.25) is 0 Å². The molecule has 0 saturated carbocycles. The zero-order chi connectivity index (χ0) is 15.7. The monoisotopic (exact) mass is 418 g/mol. The van der Waals surface area contributed by atoms with E-state index in [0.717, 1.165) is 14.5 Å². The van der Waals surface area contributed by atoms with E-state index in [0.29, 0.717) is 18.7 Å². The summed E-state index contributed by atoms with van der Waals surface area (Å²) in [5.74, 6) is -1.00. The molecule has 7 heteroatoms. The number of anilines is 1. The lowest BCUT2D eigenvalue weighted by atomic mass is 10.0. The Balaban J connectivity index is 2.21.